The third-order valence-electron chi connectivity index (χ3n) is 5.63. The second-order valence-electron chi connectivity index (χ2n) is 7.83. The normalized spacial score (nSPS) is 23.8. The molecule has 1 spiro atoms. The summed E-state index contributed by atoms with van der Waals surface area (Å²) in [7, 11) is 3.85. The highest BCUT2D eigenvalue weighted by molar-refractivity contribution is 5.86. The van der Waals surface area contributed by atoms with Crippen LogP contribution in [0.2, 0.25) is 0 Å². The molecule has 0 bridgehead atoms. The van der Waals surface area contributed by atoms with Gasteiger partial charge in [0, 0.05) is 33.2 Å². The van der Waals surface area contributed by atoms with Crippen LogP contribution in [-0.2, 0) is 16.1 Å². The third kappa shape index (κ3) is 3.87. The van der Waals surface area contributed by atoms with Gasteiger partial charge < -0.3 is 9.80 Å². The van der Waals surface area contributed by atoms with Crippen molar-refractivity contribution >= 4 is 11.8 Å². The third-order valence-corrected chi connectivity index (χ3v) is 5.63. The molecule has 0 N–H and O–H groups in total. The van der Waals surface area contributed by atoms with Crippen LogP contribution in [0.25, 0.3) is 0 Å². The topological polar surface area (TPSA) is 43.9 Å². The minimum absolute atomic E-state index is 0.132. The lowest BCUT2D eigenvalue weighted by Crippen LogP contribution is -2.49. The average Bonchev–Trinajstić information content (AvgIpc) is 3.00. The zero-order chi connectivity index (χ0) is 18.0. The Morgan fingerprint density at radius 2 is 1.92 bits per heavy atom. The van der Waals surface area contributed by atoms with Crippen molar-refractivity contribution in [3.8, 4) is 0 Å². The van der Waals surface area contributed by atoms with Crippen LogP contribution in [-0.4, -0.2) is 66.8 Å². The first kappa shape index (κ1) is 17.9. The number of likely N-dealkylation sites (tertiary alicyclic amines) is 2. The van der Waals surface area contributed by atoms with Gasteiger partial charge in [-0.2, -0.15) is 0 Å². The fourth-order valence-electron chi connectivity index (χ4n) is 4.12. The molecule has 5 heteroatoms. The molecule has 2 saturated heterocycles. The molecule has 2 aliphatic rings. The fraction of sp³-hybridized carbons (Fsp3) is 0.600. The maximum Gasteiger partial charge on any atom is 0.236 e. The Labute approximate surface area is 150 Å². The molecule has 5 nitrogen and oxygen atoms in total. The van der Waals surface area contributed by atoms with Gasteiger partial charge in [0.2, 0.25) is 11.8 Å². The molecule has 2 heterocycles. The summed E-state index contributed by atoms with van der Waals surface area (Å²) in [5.74, 6) is 0.356. The van der Waals surface area contributed by atoms with E-state index in [-0.39, 0.29) is 17.2 Å². The Bertz CT molecular complexity index is 643. The molecule has 2 amide bonds. The Morgan fingerprint density at radius 1 is 1.20 bits per heavy atom. The number of piperidine rings is 1. The van der Waals surface area contributed by atoms with E-state index in [1.54, 1.807) is 0 Å². The molecule has 0 aliphatic carbocycles. The van der Waals surface area contributed by atoms with E-state index in [4.69, 9.17) is 0 Å². The van der Waals surface area contributed by atoms with Crippen molar-refractivity contribution in [3.63, 3.8) is 0 Å². The zero-order valence-electron chi connectivity index (χ0n) is 15.6. The highest BCUT2D eigenvalue weighted by atomic mass is 16.2. The van der Waals surface area contributed by atoms with Gasteiger partial charge in [-0.1, -0.05) is 29.8 Å². The van der Waals surface area contributed by atoms with Crippen molar-refractivity contribution in [2.75, 3.05) is 40.3 Å². The number of carbonyl (C=O) groups is 2. The zero-order valence-corrected chi connectivity index (χ0v) is 15.6. The highest BCUT2D eigenvalue weighted by Gasteiger charge is 2.48. The number of amides is 2. The summed E-state index contributed by atoms with van der Waals surface area (Å²) < 4.78 is 0. The molecule has 1 atom stereocenters. The van der Waals surface area contributed by atoms with Gasteiger partial charge in [-0.05, 0) is 38.8 Å². The number of benzene rings is 1. The molecule has 1 aromatic rings. The predicted octanol–water partition coefficient (Wildman–Crippen LogP) is 1.90. The lowest BCUT2D eigenvalue weighted by atomic mass is 9.78. The maximum absolute atomic E-state index is 12.7. The van der Waals surface area contributed by atoms with E-state index in [0.29, 0.717) is 19.6 Å². The Hall–Kier alpha value is -1.88. The minimum Gasteiger partial charge on any atom is -0.345 e. The first-order valence-electron chi connectivity index (χ1n) is 9.17. The lowest BCUT2D eigenvalue weighted by molar-refractivity contribution is -0.144. The molecule has 1 aromatic carbocycles. The van der Waals surface area contributed by atoms with Crippen molar-refractivity contribution in [3.05, 3.63) is 35.4 Å². The summed E-state index contributed by atoms with van der Waals surface area (Å²) in [6.07, 6.45) is 2.76. The quantitative estimate of drug-likeness (QED) is 0.839. The molecule has 0 unspecified atom stereocenters. The van der Waals surface area contributed by atoms with Gasteiger partial charge in [-0.25, -0.2) is 0 Å². The molecule has 0 saturated carbocycles. The number of hydrogen-bond acceptors (Lipinski definition) is 3. The Kier molecular flexibility index (Phi) is 5.13. The van der Waals surface area contributed by atoms with Gasteiger partial charge in [0.05, 0.1) is 12.0 Å². The summed E-state index contributed by atoms with van der Waals surface area (Å²) in [5.41, 5.74) is 2.13. The van der Waals surface area contributed by atoms with E-state index in [2.05, 4.69) is 31.2 Å². The number of aryl methyl sites for hydroxylation is 1. The van der Waals surface area contributed by atoms with Crippen molar-refractivity contribution in [2.24, 2.45) is 5.41 Å². The minimum atomic E-state index is -0.321. The molecule has 0 aromatic heterocycles. The largest absolute Gasteiger partial charge is 0.345 e. The van der Waals surface area contributed by atoms with Crippen molar-refractivity contribution in [1.82, 2.24) is 14.7 Å². The summed E-state index contributed by atoms with van der Waals surface area (Å²) in [4.78, 5) is 31.0. The van der Waals surface area contributed by atoms with E-state index < -0.39 is 0 Å². The maximum atomic E-state index is 12.7. The van der Waals surface area contributed by atoms with Crippen LogP contribution in [0.4, 0.5) is 0 Å². The van der Waals surface area contributed by atoms with Crippen LogP contribution >= 0.6 is 0 Å². The molecular formula is C20H29N3O2. The van der Waals surface area contributed by atoms with Crippen LogP contribution in [0.5, 0.6) is 0 Å². The molecule has 0 radical (unpaired) electrons. The molecular weight excluding hydrogens is 314 g/mol. The Balaban J connectivity index is 1.55. The van der Waals surface area contributed by atoms with Gasteiger partial charge in [-0.15, -0.1) is 0 Å². The monoisotopic (exact) mass is 343 g/mol. The lowest BCUT2D eigenvalue weighted by Gasteiger charge is -2.37. The Morgan fingerprint density at radius 3 is 2.64 bits per heavy atom. The van der Waals surface area contributed by atoms with E-state index in [9.17, 15) is 9.59 Å². The first-order chi connectivity index (χ1) is 11.9. The second-order valence-corrected chi connectivity index (χ2v) is 7.83. The number of carbonyl (C=O) groups excluding carboxylic acids is 2. The summed E-state index contributed by atoms with van der Waals surface area (Å²) in [6, 6.07) is 8.41. The first-order valence-corrected chi connectivity index (χ1v) is 9.17. The summed E-state index contributed by atoms with van der Waals surface area (Å²) in [5, 5.41) is 0. The molecule has 2 aliphatic heterocycles. The van der Waals surface area contributed by atoms with Crippen molar-refractivity contribution in [2.45, 2.75) is 32.7 Å². The second kappa shape index (κ2) is 7.16. The van der Waals surface area contributed by atoms with E-state index in [0.717, 1.165) is 32.4 Å². The van der Waals surface area contributed by atoms with Crippen LogP contribution in [0.1, 0.15) is 30.4 Å². The number of rotatable bonds is 4. The number of nitrogens with zero attached hydrogens (tertiary/aromatic N) is 3. The SMILES string of the molecule is Cc1ccc(CN(C)CC(=O)N2CC[C@]3(CCCN(C)C3=O)C2)cc1. The molecule has 136 valence electrons. The van der Waals surface area contributed by atoms with Crippen LogP contribution in [0.3, 0.4) is 0 Å². The molecule has 25 heavy (non-hydrogen) atoms. The van der Waals surface area contributed by atoms with Crippen LogP contribution in [0, 0.1) is 12.3 Å². The van der Waals surface area contributed by atoms with Crippen molar-refractivity contribution in [1.29, 1.82) is 0 Å². The predicted molar refractivity (Wildman–Crippen MR) is 98.0 cm³/mol. The number of hydrogen-bond donors (Lipinski definition) is 0. The summed E-state index contributed by atoms with van der Waals surface area (Å²) in [6.45, 7) is 5.36. The van der Waals surface area contributed by atoms with E-state index >= 15 is 0 Å². The van der Waals surface area contributed by atoms with Gasteiger partial charge in [0.1, 0.15) is 0 Å². The standard InChI is InChI=1S/C20H29N3O2/c1-16-5-7-17(8-6-16)13-21(2)14-18(24)23-12-10-20(15-23)9-4-11-22(3)19(20)25/h5-8H,4,9-15H2,1-3H3/t20-/m1/s1. The van der Waals surface area contributed by atoms with E-state index in [1.807, 2.05) is 28.8 Å². The van der Waals surface area contributed by atoms with Crippen molar-refractivity contribution < 1.29 is 9.59 Å². The average molecular weight is 343 g/mol. The number of likely N-dealkylation sites (N-methyl/N-ethyl adjacent to an activating group) is 1. The van der Waals surface area contributed by atoms with Gasteiger partial charge >= 0.3 is 0 Å². The summed E-state index contributed by atoms with van der Waals surface area (Å²) >= 11 is 0. The van der Waals surface area contributed by atoms with Crippen LogP contribution < -0.4 is 0 Å². The molecule has 2 fully saturated rings. The van der Waals surface area contributed by atoms with Gasteiger partial charge in [0.15, 0.2) is 0 Å². The van der Waals surface area contributed by atoms with E-state index in [1.165, 1.54) is 11.1 Å². The smallest absolute Gasteiger partial charge is 0.236 e. The van der Waals surface area contributed by atoms with Gasteiger partial charge in [-0.3, -0.25) is 14.5 Å². The molecule has 3 rings (SSSR count). The van der Waals surface area contributed by atoms with Crippen LogP contribution in [0.15, 0.2) is 24.3 Å². The highest BCUT2D eigenvalue weighted by Crippen LogP contribution is 2.39. The fourth-order valence-corrected chi connectivity index (χ4v) is 4.12. The van der Waals surface area contributed by atoms with Gasteiger partial charge in [0.25, 0.3) is 0 Å².